The van der Waals surface area contributed by atoms with Crippen molar-refractivity contribution < 1.29 is 28.6 Å². The van der Waals surface area contributed by atoms with Gasteiger partial charge in [-0.2, -0.15) is 0 Å². The minimum absolute atomic E-state index is 0. The second kappa shape index (κ2) is 12.8. The third-order valence-electron chi connectivity index (χ3n) is 7.53. The van der Waals surface area contributed by atoms with Crippen LogP contribution in [0.3, 0.4) is 0 Å². The van der Waals surface area contributed by atoms with Crippen LogP contribution < -0.4 is 0 Å². The average molecular weight is 748 g/mol. The second-order valence-corrected chi connectivity index (χ2v) is 10.3. The molecule has 3 heterocycles. The quantitative estimate of drug-likeness (QED) is 0.169. The molecule has 0 fully saturated rings. The SMILES string of the molecule is Cc1cccnc1-c1[c-]ccc(-c2cccc3c2ccc2oc4ccccc4c23)c1.[2H]C([2H])([2H])c1ccc(-c2[c-]cccc2)nc1.[Ir]. The van der Waals surface area contributed by atoms with E-state index in [1.165, 1.54) is 27.9 Å². The van der Waals surface area contributed by atoms with Crippen molar-refractivity contribution in [3.05, 3.63) is 157 Å². The average Bonchev–Trinajstić information content (AvgIpc) is 3.48. The molecule has 215 valence electrons. The van der Waals surface area contributed by atoms with Gasteiger partial charge in [0.2, 0.25) is 0 Å². The number of benzene rings is 5. The maximum absolute atomic E-state index is 7.23. The van der Waals surface area contributed by atoms with E-state index in [0.717, 1.165) is 50.2 Å². The van der Waals surface area contributed by atoms with Crippen LogP contribution in [0.25, 0.3) is 66.4 Å². The third-order valence-corrected chi connectivity index (χ3v) is 7.53. The van der Waals surface area contributed by atoms with Gasteiger partial charge in [0.25, 0.3) is 0 Å². The zero-order valence-corrected chi connectivity index (χ0v) is 26.2. The molecule has 0 atom stereocenters. The molecule has 0 N–H and O–H groups in total. The molecule has 8 aromatic rings. The number of furan rings is 1. The van der Waals surface area contributed by atoms with E-state index in [-0.39, 0.29) is 25.7 Å². The fourth-order valence-corrected chi connectivity index (χ4v) is 5.48. The monoisotopic (exact) mass is 748 g/mol. The summed E-state index contributed by atoms with van der Waals surface area (Å²) >= 11 is 0. The van der Waals surface area contributed by atoms with Gasteiger partial charge in [0.05, 0.1) is 0 Å². The van der Waals surface area contributed by atoms with Crippen LogP contribution in [0.5, 0.6) is 0 Å². The van der Waals surface area contributed by atoms with Crippen LogP contribution in [0.2, 0.25) is 0 Å². The summed E-state index contributed by atoms with van der Waals surface area (Å²) in [7, 11) is 0. The number of aromatic nitrogens is 2. The molecule has 3 nitrogen and oxygen atoms in total. The Labute approximate surface area is 274 Å². The van der Waals surface area contributed by atoms with E-state index in [1.807, 2.05) is 48.7 Å². The Morgan fingerprint density at radius 1 is 0.682 bits per heavy atom. The summed E-state index contributed by atoms with van der Waals surface area (Å²) in [5, 5.41) is 4.75. The molecule has 0 aliphatic rings. The van der Waals surface area contributed by atoms with Gasteiger partial charge in [-0.3, -0.25) is 0 Å². The van der Waals surface area contributed by atoms with Gasteiger partial charge in [-0.05, 0) is 65.3 Å². The van der Waals surface area contributed by atoms with Gasteiger partial charge in [-0.1, -0.05) is 66.2 Å². The van der Waals surface area contributed by atoms with Gasteiger partial charge in [0.15, 0.2) is 0 Å². The summed E-state index contributed by atoms with van der Waals surface area (Å²) < 4.78 is 27.8. The van der Waals surface area contributed by atoms with Crippen molar-refractivity contribution in [3.63, 3.8) is 0 Å². The molecular weight excluding hydrogens is 717 g/mol. The van der Waals surface area contributed by atoms with Gasteiger partial charge in [0, 0.05) is 47.4 Å². The zero-order chi connectivity index (χ0) is 31.7. The molecule has 0 amide bonds. The van der Waals surface area contributed by atoms with E-state index in [0.29, 0.717) is 0 Å². The van der Waals surface area contributed by atoms with Crippen LogP contribution in [0, 0.1) is 25.9 Å². The molecule has 44 heavy (non-hydrogen) atoms. The van der Waals surface area contributed by atoms with Crippen LogP contribution in [0.4, 0.5) is 0 Å². The van der Waals surface area contributed by atoms with Crippen molar-refractivity contribution >= 4 is 32.7 Å². The van der Waals surface area contributed by atoms with E-state index in [1.54, 1.807) is 18.2 Å². The minimum Gasteiger partial charge on any atom is -0.456 e. The molecule has 5 aromatic carbocycles. The maximum Gasteiger partial charge on any atom is 0.136 e. The molecule has 8 rings (SSSR count). The van der Waals surface area contributed by atoms with Crippen LogP contribution in [-0.4, -0.2) is 9.97 Å². The summed E-state index contributed by atoms with van der Waals surface area (Å²) in [5.41, 5.74) is 9.19. The Balaban J connectivity index is 0.000000194. The van der Waals surface area contributed by atoms with E-state index >= 15 is 0 Å². The predicted octanol–water partition coefficient (Wildman–Crippen LogP) is 10.4. The van der Waals surface area contributed by atoms with Crippen LogP contribution >= 0.6 is 0 Å². The summed E-state index contributed by atoms with van der Waals surface area (Å²) in [4.78, 5) is 8.69. The first-order valence-electron chi connectivity index (χ1n) is 15.6. The fourth-order valence-electron chi connectivity index (χ4n) is 5.48. The summed E-state index contributed by atoms with van der Waals surface area (Å²) in [6, 6.07) is 46.4. The normalized spacial score (nSPS) is 12.1. The van der Waals surface area contributed by atoms with E-state index in [4.69, 9.17) is 8.53 Å². The first-order valence-corrected chi connectivity index (χ1v) is 14.1. The van der Waals surface area contributed by atoms with E-state index in [9.17, 15) is 0 Å². The fraction of sp³-hybridized carbons (Fsp3) is 0.0500. The number of fused-ring (bicyclic) bond motifs is 5. The molecule has 3 aromatic heterocycles. The van der Waals surface area contributed by atoms with Gasteiger partial charge >= 0.3 is 0 Å². The summed E-state index contributed by atoms with van der Waals surface area (Å²) in [6.45, 7) is -0.00651. The molecule has 0 saturated carbocycles. The molecule has 0 aliphatic heterocycles. The van der Waals surface area contributed by atoms with Gasteiger partial charge in [-0.15, -0.1) is 71.3 Å². The molecule has 1 radical (unpaired) electrons. The number of rotatable bonds is 3. The van der Waals surface area contributed by atoms with Gasteiger partial charge in [-0.25, -0.2) is 0 Å². The van der Waals surface area contributed by atoms with Crippen molar-refractivity contribution in [2.45, 2.75) is 13.8 Å². The predicted molar refractivity (Wildman–Crippen MR) is 177 cm³/mol. The zero-order valence-electron chi connectivity index (χ0n) is 26.8. The minimum atomic E-state index is -2.09. The molecule has 4 heteroatoms. The Morgan fingerprint density at radius 3 is 2.36 bits per heavy atom. The Morgan fingerprint density at radius 2 is 1.55 bits per heavy atom. The van der Waals surface area contributed by atoms with Gasteiger partial charge < -0.3 is 14.4 Å². The second-order valence-electron chi connectivity index (χ2n) is 10.3. The molecule has 0 bridgehead atoms. The molecule has 0 unspecified atom stereocenters. The number of aryl methyl sites for hydroxylation is 2. The van der Waals surface area contributed by atoms with Crippen molar-refractivity contribution in [1.29, 1.82) is 0 Å². The van der Waals surface area contributed by atoms with Crippen LogP contribution in [-0.2, 0) is 20.1 Å². The maximum atomic E-state index is 7.23. The molecular formula is C40H28IrN2O-2. The van der Waals surface area contributed by atoms with Crippen molar-refractivity contribution in [2.24, 2.45) is 0 Å². The molecule has 0 spiro atoms. The summed E-state index contributed by atoms with van der Waals surface area (Å²) in [6.07, 6.45) is 3.23. The molecule has 0 saturated heterocycles. The number of pyridine rings is 2. The first-order chi connectivity index (χ1) is 22.4. The largest absolute Gasteiger partial charge is 0.456 e. The standard InChI is InChI=1S/C28H18NO.C12H10N.Ir/c1-18-7-6-16-29-28(18)20-9-4-8-19(17-20)21-11-5-12-23-22(21)14-15-26-27(23)24-10-2-3-13-25(24)30-26;1-10-7-8-12(13-9-10)11-5-3-2-4-6-11;/h2-8,10-17H,1H3;2-5,7-9H,1H3;/q2*-1;/i;1D3;. The molecule has 0 aliphatic carbocycles. The third kappa shape index (κ3) is 5.70. The summed E-state index contributed by atoms with van der Waals surface area (Å²) in [5.74, 6) is 0. The number of hydrogen-bond acceptors (Lipinski definition) is 3. The topological polar surface area (TPSA) is 38.9 Å². The van der Waals surface area contributed by atoms with Crippen molar-refractivity contribution in [2.75, 3.05) is 0 Å². The number of nitrogens with zero attached hydrogens (tertiary/aromatic N) is 2. The van der Waals surface area contributed by atoms with E-state index in [2.05, 4.69) is 89.7 Å². The Bertz CT molecular complexity index is 2310. The van der Waals surface area contributed by atoms with Crippen LogP contribution in [0.1, 0.15) is 15.2 Å². The Kier molecular flexibility index (Phi) is 7.43. The number of hydrogen-bond donors (Lipinski definition) is 0. The van der Waals surface area contributed by atoms with E-state index < -0.39 is 6.85 Å². The van der Waals surface area contributed by atoms with Crippen LogP contribution in [0.15, 0.2) is 138 Å². The number of para-hydroxylation sites is 1. The Hall–Kier alpha value is -4.89. The van der Waals surface area contributed by atoms with Crippen molar-refractivity contribution in [1.82, 2.24) is 9.97 Å². The van der Waals surface area contributed by atoms with Crippen molar-refractivity contribution in [3.8, 4) is 33.6 Å². The first kappa shape index (κ1) is 25.6. The van der Waals surface area contributed by atoms with Gasteiger partial charge in [0.1, 0.15) is 11.2 Å². The smallest absolute Gasteiger partial charge is 0.136 e.